The first-order chi connectivity index (χ1) is 8.67. The molecular formula is C12H19F2N3O. The molecule has 1 rings (SSSR count). The molecule has 0 aliphatic heterocycles. The summed E-state index contributed by atoms with van der Waals surface area (Å²) in [7, 11) is 0. The quantitative estimate of drug-likeness (QED) is 0.749. The van der Waals surface area contributed by atoms with E-state index in [2.05, 4.69) is 10.3 Å². The molecular weight excluding hydrogens is 240 g/mol. The molecule has 1 aromatic rings. The van der Waals surface area contributed by atoms with Gasteiger partial charge in [-0.3, -0.25) is 0 Å². The van der Waals surface area contributed by atoms with Crippen LogP contribution in [0.4, 0.5) is 20.4 Å². The lowest BCUT2D eigenvalue weighted by atomic mass is 10.3. The topological polar surface area (TPSA) is 48.4 Å². The highest BCUT2D eigenvalue weighted by Gasteiger charge is 2.13. The number of aliphatic hydroxyl groups excluding tert-OH is 1. The Balaban J connectivity index is 2.76. The predicted octanol–water partition coefficient (Wildman–Crippen LogP) is 1.97. The zero-order chi connectivity index (χ0) is 13.4. The maximum atomic E-state index is 12.4. The standard InChI is InChI=1S/C12H19F2N3O/c1-2-6-15-11-4-3-5-12(16-11)17(7-8-18)9-10(13)14/h3-5,10,18H,2,6-9H2,1H3,(H,15,16). The smallest absolute Gasteiger partial charge is 0.255 e. The van der Waals surface area contributed by atoms with Gasteiger partial charge in [-0.25, -0.2) is 13.8 Å². The van der Waals surface area contributed by atoms with Gasteiger partial charge < -0.3 is 15.3 Å². The van der Waals surface area contributed by atoms with Gasteiger partial charge in [0.15, 0.2) is 0 Å². The van der Waals surface area contributed by atoms with Gasteiger partial charge in [-0.1, -0.05) is 13.0 Å². The number of alkyl halides is 2. The molecule has 0 amide bonds. The molecule has 4 nitrogen and oxygen atoms in total. The Labute approximate surface area is 106 Å². The van der Waals surface area contributed by atoms with Crippen LogP contribution in [-0.2, 0) is 0 Å². The van der Waals surface area contributed by atoms with E-state index < -0.39 is 13.0 Å². The van der Waals surface area contributed by atoms with Crippen molar-refractivity contribution in [3.63, 3.8) is 0 Å². The molecule has 0 bridgehead atoms. The SMILES string of the molecule is CCCNc1cccc(N(CCO)CC(F)F)n1. The second kappa shape index (κ2) is 7.81. The van der Waals surface area contributed by atoms with Gasteiger partial charge in [0.05, 0.1) is 13.2 Å². The molecule has 0 aliphatic carbocycles. The molecule has 0 unspecified atom stereocenters. The lowest BCUT2D eigenvalue weighted by Crippen LogP contribution is -2.32. The van der Waals surface area contributed by atoms with Crippen molar-refractivity contribution >= 4 is 11.6 Å². The summed E-state index contributed by atoms with van der Waals surface area (Å²) in [5, 5.41) is 12.0. The molecule has 6 heteroatoms. The molecule has 1 heterocycles. The molecule has 0 aliphatic rings. The van der Waals surface area contributed by atoms with Gasteiger partial charge in [0, 0.05) is 13.1 Å². The number of aliphatic hydroxyl groups is 1. The van der Waals surface area contributed by atoms with Crippen LogP contribution < -0.4 is 10.2 Å². The highest BCUT2D eigenvalue weighted by Crippen LogP contribution is 2.15. The first-order valence-electron chi connectivity index (χ1n) is 6.02. The van der Waals surface area contributed by atoms with E-state index in [9.17, 15) is 8.78 Å². The number of halogens is 2. The van der Waals surface area contributed by atoms with Gasteiger partial charge in [-0.2, -0.15) is 0 Å². The van der Waals surface area contributed by atoms with E-state index in [4.69, 9.17) is 5.11 Å². The largest absolute Gasteiger partial charge is 0.395 e. The molecule has 1 aromatic heterocycles. The van der Waals surface area contributed by atoms with Crippen molar-refractivity contribution in [2.24, 2.45) is 0 Å². The fourth-order valence-corrected chi connectivity index (χ4v) is 1.54. The number of nitrogens with zero attached hydrogens (tertiary/aromatic N) is 2. The second-order valence-corrected chi connectivity index (χ2v) is 3.87. The molecule has 102 valence electrons. The summed E-state index contributed by atoms with van der Waals surface area (Å²) in [6, 6.07) is 5.21. The van der Waals surface area contributed by atoms with Crippen molar-refractivity contribution in [3.8, 4) is 0 Å². The average Bonchev–Trinajstić information content (AvgIpc) is 2.36. The highest BCUT2D eigenvalue weighted by atomic mass is 19.3. The number of aromatic nitrogens is 1. The molecule has 0 saturated carbocycles. The van der Waals surface area contributed by atoms with Crippen LogP contribution in [0.5, 0.6) is 0 Å². The van der Waals surface area contributed by atoms with Crippen molar-refractivity contribution < 1.29 is 13.9 Å². The molecule has 0 atom stereocenters. The normalized spacial score (nSPS) is 10.7. The van der Waals surface area contributed by atoms with Gasteiger partial charge in [0.25, 0.3) is 6.43 Å². The van der Waals surface area contributed by atoms with E-state index in [1.54, 1.807) is 18.2 Å². The number of hydrogen-bond acceptors (Lipinski definition) is 4. The van der Waals surface area contributed by atoms with Gasteiger partial charge in [-0.05, 0) is 18.6 Å². The summed E-state index contributed by atoms with van der Waals surface area (Å²) in [6.07, 6.45) is -1.49. The fraction of sp³-hybridized carbons (Fsp3) is 0.583. The van der Waals surface area contributed by atoms with Crippen LogP contribution in [0.1, 0.15) is 13.3 Å². The van der Waals surface area contributed by atoms with Gasteiger partial charge in [0.1, 0.15) is 11.6 Å². The number of pyridine rings is 1. The van der Waals surface area contributed by atoms with Gasteiger partial charge in [-0.15, -0.1) is 0 Å². The lowest BCUT2D eigenvalue weighted by molar-refractivity contribution is 0.152. The average molecular weight is 259 g/mol. The maximum absolute atomic E-state index is 12.4. The monoisotopic (exact) mass is 259 g/mol. The van der Waals surface area contributed by atoms with Crippen LogP contribution in [0.15, 0.2) is 18.2 Å². The number of nitrogens with one attached hydrogen (secondary N) is 1. The van der Waals surface area contributed by atoms with E-state index >= 15 is 0 Å². The molecule has 0 spiro atoms. The first kappa shape index (κ1) is 14.6. The Hall–Kier alpha value is -1.43. The van der Waals surface area contributed by atoms with E-state index in [0.717, 1.165) is 13.0 Å². The Morgan fingerprint density at radius 3 is 2.83 bits per heavy atom. The molecule has 18 heavy (non-hydrogen) atoms. The first-order valence-corrected chi connectivity index (χ1v) is 6.02. The van der Waals surface area contributed by atoms with Crippen molar-refractivity contribution in [2.75, 3.05) is 36.5 Å². The number of anilines is 2. The third-order valence-electron chi connectivity index (χ3n) is 2.34. The van der Waals surface area contributed by atoms with Crippen LogP contribution in [0.3, 0.4) is 0 Å². The van der Waals surface area contributed by atoms with Crippen LogP contribution in [0.25, 0.3) is 0 Å². The minimum absolute atomic E-state index is 0.147. The van der Waals surface area contributed by atoms with Crippen LogP contribution in [0.2, 0.25) is 0 Å². The molecule has 0 fully saturated rings. The van der Waals surface area contributed by atoms with Crippen molar-refractivity contribution in [1.82, 2.24) is 4.98 Å². The van der Waals surface area contributed by atoms with E-state index in [0.29, 0.717) is 11.6 Å². The van der Waals surface area contributed by atoms with Crippen LogP contribution >= 0.6 is 0 Å². The summed E-state index contributed by atoms with van der Waals surface area (Å²) in [5.74, 6) is 1.11. The summed E-state index contributed by atoms with van der Waals surface area (Å²) >= 11 is 0. The van der Waals surface area contributed by atoms with Crippen LogP contribution in [-0.4, -0.2) is 42.8 Å². The molecule has 0 aromatic carbocycles. The minimum Gasteiger partial charge on any atom is -0.395 e. The van der Waals surface area contributed by atoms with Crippen LogP contribution in [0, 0.1) is 0 Å². The van der Waals surface area contributed by atoms with E-state index in [-0.39, 0.29) is 13.2 Å². The molecule has 0 saturated heterocycles. The fourth-order valence-electron chi connectivity index (χ4n) is 1.54. The third kappa shape index (κ3) is 4.83. The van der Waals surface area contributed by atoms with E-state index in [1.165, 1.54) is 4.90 Å². The summed E-state index contributed by atoms with van der Waals surface area (Å²) in [4.78, 5) is 5.63. The molecule has 2 N–H and O–H groups in total. The Kier molecular flexibility index (Phi) is 6.35. The molecule has 0 radical (unpaired) electrons. The third-order valence-corrected chi connectivity index (χ3v) is 2.34. The maximum Gasteiger partial charge on any atom is 0.255 e. The summed E-state index contributed by atoms with van der Waals surface area (Å²) in [5.41, 5.74) is 0. The van der Waals surface area contributed by atoms with Crippen molar-refractivity contribution in [3.05, 3.63) is 18.2 Å². The van der Waals surface area contributed by atoms with Crippen molar-refractivity contribution in [1.29, 1.82) is 0 Å². The van der Waals surface area contributed by atoms with Crippen molar-refractivity contribution in [2.45, 2.75) is 19.8 Å². The Morgan fingerprint density at radius 2 is 2.22 bits per heavy atom. The van der Waals surface area contributed by atoms with E-state index in [1.807, 2.05) is 6.92 Å². The summed E-state index contributed by atoms with van der Waals surface area (Å²) < 4.78 is 24.9. The Bertz CT molecular complexity index is 350. The predicted molar refractivity (Wildman–Crippen MR) is 68.3 cm³/mol. The second-order valence-electron chi connectivity index (χ2n) is 3.87. The Morgan fingerprint density at radius 1 is 1.44 bits per heavy atom. The zero-order valence-electron chi connectivity index (χ0n) is 10.4. The number of hydrogen-bond donors (Lipinski definition) is 2. The summed E-state index contributed by atoms with van der Waals surface area (Å²) in [6.45, 7) is 2.36. The zero-order valence-corrected chi connectivity index (χ0v) is 10.4. The minimum atomic E-state index is -2.45. The highest BCUT2D eigenvalue weighted by molar-refractivity contribution is 5.47. The van der Waals surface area contributed by atoms with Gasteiger partial charge >= 0.3 is 0 Å². The van der Waals surface area contributed by atoms with Gasteiger partial charge in [0.2, 0.25) is 0 Å². The number of rotatable bonds is 8. The lowest BCUT2D eigenvalue weighted by Gasteiger charge is -2.22.